The third-order valence-electron chi connectivity index (χ3n) is 3.59. The van der Waals surface area contributed by atoms with Gasteiger partial charge in [0.25, 0.3) is 0 Å². The number of ether oxygens (including phenoxy) is 1. The molecule has 1 aliphatic rings. The highest BCUT2D eigenvalue weighted by atomic mass is 19.4. The van der Waals surface area contributed by atoms with E-state index in [-0.39, 0.29) is 18.7 Å². The summed E-state index contributed by atoms with van der Waals surface area (Å²) in [7, 11) is 0. The maximum Gasteiger partial charge on any atom is 0.522 e. The summed E-state index contributed by atoms with van der Waals surface area (Å²) in [6, 6.07) is 0. The maximum atomic E-state index is 11.9. The fraction of sp³-hybridized carbons (Fsp3) is 1.00. The zero-order valence-corrected chi connectivity index (χ0v) is 10.2. The predicted molar refractivity (Wildman–Crippen MR) is 59.5 cm³/mol. The lowest BCUT2D eigenvalue weighted by Crippen LogP contribution is -2.53. The molecule has 0 saturated heterocycles. The second kappa shape index (κ2) is 6.02. The van der Waals surface area contributed by atoms with E-state index in [0.29, 0.717) is 13.1 Å². The van der Waals surface area contributed by atoms with E-state index in [0.717, 1.165) is 25.7 Å². The van der Waals surface area contributed by atoms with Crippen LogP contribution in [0.1, 0.15) is 32.6 Å². The Morgan fingerprint density at radius 3 is 2.29 bits per heavy atom. The molecule has 102 valence electrons. The smallest absolute Gasteiger partial charge is 0.329 e. The Morgan fingerprint density at radius 1 is 1.29 bits per heavy atom. The second-order valence-electron chi connectivity index (χ2n) is 4.51. The van der Waals surface area contributed by atoms with Crippen molar-refractivity contribution >= 4 is 0 Å². The molecule has 0 aromatic rings. The van der Waals surface area contributed by atoms with E-state index in [1.807, 2.05) is 11.8 Å². The number of hydrogen-bond donors (Lipinski definition) is 1. The predicted octanol–water partition coefficient (Wildman–Crippen LogP) is 2.12. The molecule has 0 atom stereocenters. The van der Waals surface area contributed by atoms with Crippen molar-refractivity contribution in [2.24, 2.45) is 5.73 Å². The third kappa shape index (κ3) is 4.12. The first kappa shape index (κ1) is 14.7. The van der Waals surface area contributed by atoms with E-state index < -0.39 is 6.36 Å². The van der Waals surface area contributed by atoms with Crippen LogP contribution in [0.15, 0.2) is 0 Å². The minimum absolute atomic E-state index is 0.107. The molecule has 0 aromatic heterocycles. The Bertz CT molecular complexity index is 227. The van der Waals surface area contributed by atoms with Gasteiger partial charge in [-0.15, -0.1) is 13.2 Å². The number of hydrogen-bond acceptors (Lipinski definition) is 3. The van der Waals surface area contributed by atoms with Crippen LogP contribution < -0.4 is 5.73 Å². The molecule has 6 heteroatoms. The molecule has 0 amide bonds. The summed E-state index contributed by atoms with van der Waals surface area (Å²) in [6.07, 6.45) is -0.376. The lowest BCUT2D eigenvalue weighted by molar-refractivity contribution is -0.325. The van der Waals surface area contributed by atoms with Crippen molar-refractivity contribution in [2.45, 2.75) is 44.5 Å². The van der Waals surface area contributed by atoms with Gasteiger partial charge < -0.3 is 5.73 Å². The maximum absolute atomic E-state index is 11.9. The standard InChI is InChI=1S/C11H21F3N2O/c1-2-16(7-8-17-11(12,13)14)10(9-15)5-3-4-6-10/h2-9,15H2,1H3. The van der Waals surface area contributed by atoms with Crippen molar-refractivity contribution in [3.05, 3.63) is 0 Å². The van der Waals surface area contributed by atoms with Gasteiger partial charge in [-0.25, -0.2) is 0 Å². The van der Waals surface area contributed by atoms with Crippen LogP contribution in [0.25, 0.3) is 0 Å². The fourth-order valence-corrected chi connectivity index (χ4v) is 2.68. The topological polar surface area (TPSA) is 38.5 Å². The van der Waals surface area contributed by atoms with Gasteiger partial charge in [-0.05, 0) is 19.4 Å². The highest BCUT2D eigenvalue weighted by molar-refractivity contribution is 4.95. The number of rotatable bonds is 6. The van der Waals surface area contributed by atoms with E-state index in [9.17, 15) is 13.2 Å². The fourth-order valence-electron chi connectivity index (χ4n) is 2.68. The first-order valence-electron chi connectivity index (χ1n) is 6.09. The van der Waals surface area contributed by atoms with Crippen LogP contribution in [-0.2, 0) is 4.74 Å². The second-order valence-corrected chi connectivity index (χ2v) is 4.51. The van der Waals surface area contributed by atoms with Crippen molar-refractivity contribution in [1.82, 2.24) is 4.90 Å². The van der Waals surface area contributed by atoms with E-state index in [2.05, 4.69) is 4.74 Å². The zero-order valence-electron chi connectivity index (χ0n) is 10.2. The normalized spacial score (nSPS) is 20.1. The van der Waals surface area contributed by atoms with Crippen molar-refractivity contribution in [3.8, 4) is 0 Å². The molecular weight excluding hydrogens is 233 g/mol. The Hall–Kier alpha value is -0.330. The molecular formula is C11H21F3N2O. The molecule has 1 aliphatic carbocycles. The average molecular weight is 254 g/mol. The molecule has 0 bridgehead atoms. The molecule has 0 radical (unpaired) electrons. The van der Waals surface area contributed by atoms with Crippen LogP contribution >= 0.6 is 0 Å². The monoisotopic (exact) mass is 254 g/mol. The number of alkyl halides is 3. The van der Waals surface area contributed by atoms with Gasteiger partial charge in [-0.2, -0.15) is 0 Å². The summed E-state index contributed by atoms with van der Waals surface area (Å²) in [5.41, 5.74) is 5.69. The highest BCUT2D eigenvalue weighted by Crippen LogP contribution is 2.34. The van der Waals surface area contributed by atoms with Gasteiger partial charge in [-0.3, -0.25) is 9.64 Å². The van der Waals surface area contributed by atoms with Gasteiger partial charge in [-0.1, -0.05) is 19.8 Å². The minimum atomic E-state index is -4.54. The van der Waals surface area contributed by atoms with Crippen LogP contribution in [0.3, 0.4) is 0 Å². The third-order valence-corrected chi connectivity index (χ3v) is 3.59. The molecule has 0 spiro atoms. The molecule has 0 unspecified atom stereocenters. The first-order chi connectivity index (χ1) is 7.93. The number of likely N-dealkylation sites (N-methyl/N-ethyl adjacent to an activating group) is 1. The van der Waals surface area contributed by atoms with Gasteiger partial charge in [0.1, 0.15) is 0 Å². The van der Waals surface area contributed by atoms with Crippen molar-refractivity contribution in [1.29, 1.82) is 0 Å². The van der Waals surface area contributed by atoms with Gasteiger partial charge in [0.2, 0.25) is 0 Å². The first-order valence-corrected chi connectivity index (χ1v) is 6.09. The Morgan fingerprint density at radius 2 is 1.88 bits per heavy atom. The van der Waals surface area contributed by atoms with Crippen LogP contribution in [0.2, 0.25) is 0 Å². The zero-order chi connectivity index (χ0) is 12.9. The molecule has 1 rings (SSSR count). The Kier molecular flexibility index (Phi) is 5.22. The Labute approximate surface area is 100 Å². The van der Waals surface area contributed by atoms with Gasteiger partial charge in [0, 0.05) is 18.6 Å². The van der Waals surface area contributed by atoms with Crippen molar-refractivity contribution < 1.29 is 17.9 Å². The van der Waals surface area contributed by atoms with Gasteiger partial charge in [0.15, 0.2) is 0 Å². The number of halogens is 3. The van der Waals surface area contributed by atoms with Gasteiger partial charge >= 0.3 is 6.36 Å². The molecule has 17 heavy (non-hydrogen) atoms. The highest BCUT2D eigenvalue weighted by Gasteiger charge is 2.38. The minimum Gasteiger partial charge on any atom is -0.329 e. The van der Waals surface area contributed by atoms with Gasteiger partial charge in [0.05, 0.1) is 6.61 Å². The largest absolute Gasteiger partial charge is 0.522 e. The van der Waals surface area contributed by atoms with Crippen molar-refractivity contribution in [3.63, 3.8) is 0 Å². The van der Waals surface area contributed by atoms with Crippen LogP contribution in [0.5, 0.6) is 0 Å². The number of nitrogens with zero attached hydrogens (tertiary/aromatic N) is 1. The van der Waals surface area contributed by atoms with Crippen LogP contribution in [0, 0.1) is 0 Å². The molecule has 0 heterocycles. The molecule has 1 fully saturated rings. The summed E-state index contributed by atoms with van der Waals surface area (Å²) in [6.45, 7) is 3.13. The van der Waals surface area contributed by atoms with E-state index >= 15 is 0 Å². The molecule has 0 aliphatic heterocycles. The van der Waals surface area contributed by atoms with Crippen LogP contribution in [-0.4, -0.2) is 43.0 Å². The average Bonchev–Trinajstić information content (AvgIpc) is 2.72. The Balaban J connectivity index is 2.47. The lowest BCUT2D eigenvalue weighted by Gasteiger charge is -2.40. The molecule has 0 aromatic carbocycles. The SMILES string of the molecule is CCN(CCOC(F)(F)F)C1(CN)CCCC1. The summed E-state index contributed by atoms with van der Waals surface area (Å²) in [5.74, 6) is 0. The molecule has 3 nitrogen and oxygen atoms in total. The summed E-state index contributed by atoms with van der Waals surface area (Å²) < 4.78 is 39.5. The van der Waals surface area contributed by atoms with Crippen molar-refractivity contribution in [2.75, 3.05) is 26.2 Å². The summed E-state index contributed by atoms with van der Waals surface area (Å²) in [4.78, 5) is 2.03. The number of nitrogens with two attached hydrogens (primary N) is 1. The lowest BCUT2D eigenvalue weighted by atomic mass is 9.95. The van der Waals surface area contributed by atoms with Crippen LogP contribution in [0.4, 0.5) is 13.2 Å². The summed E-state index contributed by atoms with van der Waals surface area (Å²) >= 11 is 0. The van der Waals surface area contributed by atoms with E-state index in [1.165, 1.54) is 0 Å². The van der Waals surface area contributed by atoms with E-state index in [4.69, 9.17) is 5.73 Å². The molecule has 2 N–H and O–H groups in total. The molecule has 1 saturated carbocycles. The summed E-state index contributed by atoms with van der Waals surface area (Å²) in [5, 5.41) is 0. The van der Waals surface area contributed by atoms with E-state index in [1.54, 1.807) is 0 Å². The quantitative estimate of drug-likeness (QED) is 0.789.